The van der Waals surface area contributed by atoms with Crippen molar-refractivity contribution in [3.8, 4) is 22.7 Å². The SMILES string of the molecule is COc1ccc(CN2C(=O)C3(CCC3)c3cc(-c4cn(C)c(=O)n4-c4ccccc4)cc(Br)c32)cc1. The number of rotatable bonds is 5. The Morgan fingerprint density at radius 2 is 1.72 bits per heavy atom. The highest BCUT2D eigenvalue weighted by Gasteiger charge is 2.55. The number of amides is 1. The molecule has 0 bridgehead atoms. The number of benzene rings is 3. The minimum Gasteiger partial charge on any atom is -0.497 e. The third-order valence-corrected chi connectivity index (χ3v) is 8.17. The topological polar surface area (TPSA) is 56.5 Å². The summed E-state index contributed by atoms with van der Waals surface area (Å²) >= 11 is 3.80. The summed E-state index contributed by atoms with van der Waals surface area (Å²) in [7, 11) is 3.41. The summed E-state index contributed by atoms with van der Waals surface area (Å²) in [6.07, 6.45) is 4.58. The third-order valence-electron chi connectivity index (χ3n) is 7.57. The lowest BCUT2D eigenvalue weighted by Crippen LogP contribution is -2.44. The first-order valence-electron chi connectivity index (χ1n) is 12.1. The summed E-state index contributed by atoms with van der Waals surface area (Å²) < 4.78 is 9.48. The maximum atomic E-state index is 13.9. The van der Waals surface area contributed by atoms with E-state index in [1.165, 1.54) is 0 Å². The van der Waals surface area contributed by atoms with E-state index in [1.807, 2.05) is 71.8 Å². The van der Waals surface area contributed by atoms with Gasteiger partial charge < -0.3 is 14.2 Å². The van der Waals surface area contributed by atoms with Crippen LogP contribution in [0.2, 0.25) is 0 Å². The summed E-state index contributed by atoms with van der Waals surface area (Å²) in [5, 5.41) is 0. The van der Waals surface area contributed by atoms with E-state index in [9.17, 15) is 9.59 Å². The maximum Gasteiger partial charge on any atom is 0.332 e. The fourth-order valence-electron chi connectivity index (χ4n) is 5.53. The standard InChI is InChI=1S/C29H26BrN3O3/c1-31-18-25(33(28(31)35)21-7-4-3-5-8-21)20-15-23-26(24(30)16-20)32(27(34)29(23)13-6-14-29)17-19-9-11-22(36-2)12-10-19/h3-5,7-12,15-16,18H,6,13-14,17H2,1-2H3. The molecule has 36 heavy (non-hydrogen) atoms. The van der Waals surface area contributed by atoms with Crippen molar-refractivity contribution in [2.24, 2.45) is 7.05 Å². The molecule has 1 fully saturated rings. The number of carbonyl (C=O) groups excluding carboxylic acids is 1. The van der Waals surface area contributed by atoms with E-state index >= 15 is 0 Å². The fraction of sp³-hybridized carbons (Fsp3) is 0.241. The van der Waals surface area contributed by atoms with E-state index in [-0.39, 0.29) is 11.6 Å². The van der Waals surface area contributed by atoms with Crippen molar-refractivity contribution in [1.29, 1.82) is 0 Å². The first-order chi connectivity index (χ1) is 17.4. The van der Waals surface area contributed by atoms with E-state index in [4.69, 9.17) is 4.74 Å². The second-order valence-corrected chi connectivity index (χ2v) is 10.5. The Morgan fingerprint density at radius 1 is 1.00 bits per heavy atom. The number of anilines is 1. The van der Waals surface area contributed by atoms with E-state index < -0.39 is 5.41 Å². The van der Waals surface area contributed by atoms with Crippen LogP contribution in [0, 0.1) is 0 Å². The monoisotopic (exact) mass is 543 g/mol. The van der Waals surface area contributed by atoms with Gasteiger partial charge in [0, 0.05) is 23.3 Å². The van der Waals surface area contributed by atoms with Gasteiger partial charge in [-0.25, -0.2) is 4.79 Å². The van der Waals surface area contributed by atoms with Gasteiger partial charge in [-0.3, -0.25) is 9.36 Å². The number of fused-ring (bicyclic) bond motifs is 2. The summed E-state index contributed by atoms with van der Waals surface area (Å²) in [4.78, 5) is 28.9. The molecular formula is C29H26BrN3O3. The van der Waals surface area contributed by atoms with Gasteiger partial charge in [0.05, 0.1) is 36.1 Å². The number of nitrogens with zero attached hydrogens (tertiary/aromatic N) is 3. The van der Waals surface area contributed by atoms with Crippen molar-refractivity contribution in [1.82, 2.24) is 9.13 Å². The van der Waals surface area contributed by atoms with Crippen LogP contribution in [0.15, 0.2) is 82.2 Å². The van der Waals surface area contributed by atoms with Crippen LogP contribution in [0.1, 0.15) is 30.4 Å². The molecule has 182 valence electrons. The molecular weight excluding hydrogens is 518 g/mol. The minimum atomic E-state index is -0.493. The molecule has 0 saturated heterocycles. The molecule has 1 spiro atoms. The van der Waals surface area contributed by atoms with Crippen LogP contribution in [0.3, 0.4) is 0 Å². The molecule has 0 radical (unpaired) electrons. The van der Waals surface area contributed by atoms with Crippen molar-refractivity contribution < 1.29 is 9.53 Å². The van der Waals surface area contributed by atoms with Gasteiger partial charge in [0.15, 0.2) is 0 Å². The average molecular weight is 544 g/mol. The zero-order chi connectivity index (χ0) is 25.0. The number of hydrogen-bond acceptors (Lipinski definition) is 3. The number of imidazole rings is 1. The summed E-state index contributed by atoms with van der Waals surface area (Å²) in [5.74, 6) is 0.950. The predicted octanol–water partition coefficient (Wildman–Crippen LogP) is 5.58. The zero-order valence-electron chi connectivity index (χ0n) is 20.2. The summed E-state index contributed by atoms with van der Waals surface area (Å²) in [6.45, 7) is 0.496. The second-order valence-electron chi connectivity index (χ2n) is 9.61. The number of hydrogen-bond donors (Lipinski definition) is 0. The number of para-hydroxylation sites is 1. The first kappa shape index (κ1) is 22.9. The Kier molecular flexibility index (Phi) is 5.41. The van der Waals surface area contributed by atoms with Gasteiger partial charge in [-0.15, -0.1) is 0 Å². The molecule has 2 aliphatic rings. The van der Waals surface area contributed by atoms with E-state index in [0.717, 1.165) is 63.2 Å². The maximum absolute atomic E-state index is 13.9. The molecule has 1 aromatic heterocycles. The molecule has 1 aliphatic heterocycles. The number of aryl methyl sites for hydroxylation is 1. The lowest BCUT2D eigenvalue weighted by molar-refractivity contribution is -0.126. The van der Waals surface area contributed by atoms with Crippen molar-refractivity contribution in [3.63, 3.8) is 0 Å². The normalized spacial score (nSPS) is 15.8. The van der Waals surface area contributed by atoms with Crippen LogP contribution in [-0.4, -0.2) is 22.2 Å². The lowest BCUT2D eigenvalue weighted by Gasteiger charge is -2.37. The molecule has 1 saturated carbocycles. The van der Waals surface area contributed by atoms with Gasteiger partial charge >= 0.3 is 5.69 Å². The number of ether oxygens (including phenoxy) is 1. The van der Waals surface area contributed by atoms with Crippen LogP contribution in [0.5, 0.6) is 5.75 Å². The molecule has 4 aromatic rings. The zero-order valence-corrected chi connectivity index (χ0v) is 21.8. The Bertz CT molecular complexity index is 1530. The van der Waals surface area contributed by atoms with Gasteiger partial charge in [0.25, 0.3) is 0 Å². The van der Waals surface area contributed by atoms with Crippen LogP contribution >= 0.6 is 15.9 Å². The Balaban J connectivity index is 1.48. The van der Waals surface area contributed by atoms with Gasteiger partial charge in [-0.2, -0.15) is 0 Å². The molecule has 6 rings (SSSR count). The van der Waals surface area contributed by atoms with E-state index in [1.54, 1.807) is 23.3 Å². The Morgan fingerprint density at radius 3 is 2.36 bits per heavy atom. The summed E-state index contributed by atoms with van der Waals surface area (Å²) in [5.41, 5.74) is 4.95. The van der Waals surface area contributed by atoms with Crippen LogP contribution in [0.25, 0.3) is 16.9 Å². The van der Waals surface area contributed by atoms with Gasteiger partial charge in [-0.1, -0.05) is 36.8 Å². The molecule has 6 nitrogen and oxygen atoms in total. The van der Waals surface area contributed by atoms with Gasteiger partial charge in [-0.05, 0) is 76.3 Å². The van der Waals surface area contributed by atoms with Crippen molar-refractivity contribution in [3.05, 3.63) is 99.0 Å². The minimum absolute atomic E-state index is 0.108. The van der Waals surface area contributed by atoms with Gasteiger partial charge in [0.2, 0.25) is 5.91 Å². The molecule has 0 N–H and O–H groups in total. The Hall–Kier alpha value is -3.58. The molecule has 1 aliphatic carbocycles. The molecule has 3 aromatic carbocycles. The van der Waals surface area contributed by atoms with Crippen molar-refractivity contribution in [2.75, 3.05) is 12.0 Å². The van der Waals surface area contributed by atoms with Gasteiger partial charge in [0.1, 0.15) is 5.75 Å². The summed E-state index contributed by atoms with van der Waals surface area (Å²) in [6, 6.07) is 21.7. The predicted molar refractivity (Wildman–Crippen MR) is 144 cm³/mol. The number of carbonyl (C=O) groups is 1. The first-order valence-corrected chi connectivity index (χ1v) is 12.9. The number of aromatic nitrogens is 2. The quantitative estimate of drug-likeness (QED) is 0.330. The average Bonchev–Trinajstić information content (AvgIpc) is 3.30. The van der Waals surface area contributed by atoms with Crippen molar-refractivity contribution >= 4 is 27.5 Å². The van der Waals surface area contributed by atoms with E-state index in [2.05, 4.69) is 22.0 Å². The second kappa shape index (κ2) is 8.52. The lowest BCUT2D eigenvalue weighted by atomic mass is 9.65. The molecule has 7 heteroatoms. The highest BCUT2D eigenvalue weighted by molar-refractivity contribution is 9.10. The molecule has 1 amide bonds. The van der Waals surface area contributed by atoms with Crippen LogP contribution in [0.4, 0.5) is 5.69 Å². The third kappa shape index (κ3) is 3.37. The van der Waals surface area contributed by atoms with Crippen molar-refractivity contribution in [2.45, 2.75) is 31.2 Å². The largest absolute Gasteiger partial charge is 0.497 e. The Labute approximate surface area is 217 Å². The number of halogens is 1. The highest BCUT2D eigenvalue weighted by atomic mass is 79.9. The van der Waals surface area contributed by atoms with Crippen LogP contribution < -0.4 is 15.3 Å². The highest BCUT2D eigenvalue weighted by Crippen LogP contribution is 2.56. The number of methoxy groups -OCH3 is 1. The molecule has 0 atom stereocenters. The molecule has 2 heterocycles. The fourth-order valence-corrected chi connectivity index (χ4v) is 6.20. The van der Waals surface area contributed by atoms with Crippen LogP contribution in [-0.2, 0) is 23.8 Å². The smallest absolute Gasteiger partial charge is 0.332 e. The molecule has 0 unspecified atom stereocenters. The van der Waals surface area contributed by atoms with E-state index in [0.29, 0.717) is 6.54 Å².